The van der Waals surface area contributed by atoms with Gasteiger partial charge in [-0.05, 0) is 12.8 Å². The highest BCUT2D eigenvalue weighted by Gasteiger charge is 2.46. The first kappa shape index (κ1) is 29.5. The normalized spacial score (nSPS) is 23.8. The number of amides is 1. The molecule has 3 rings (SSSR count). The fourth-order valence-electron chi connectivity index (χ4n) is 3.69. The number of aliphatic hydroxyl groups is 2. The fraction of sp³-hybridized carbons (Fsp3) is 0.667. The van der Waals surface area contributed by atoms with Crippen molar-refractivity contribution < 1.29 is 52.4 Å². The number of hydrogen-bond donors (Lipinski definition) is 5. The summed E-state index contributed by atoms with van der Waals surface area (Å²) >= 11 is 0. The minimum atomic E-state index is -5.32. The van der Waals surface area contributed by atoms with Crippen LogP contribution in [0.4, 0.5) is 5.82 Å². The summed E-state index contributed by atoms with van der Waals surface area (Å²) in [5.41, 5.74) is 0.675. The van der Waals surface area contributed by atoms with E-state index in [-0.39, 0.29) is 11.6 Å². The van der Waals surface area contributed by atoms with Gasteiger partial charge in [0.05, 0.1) is 12.9 Å². The van der Waals surface area contributed by atoms with Gasteiger partial charge in [0.15, 0.2) is 23.2 Å². The van der Waals surface area contributed by atoms with Crippen molar-refractivity contribution in [1.82, 2.24) is 24.4 Å². The number of carbonyl (C=O) groups is 1. The minimum Gasteiger partial charge on any atom is -0.387 e. The van der Waals surface area contributed by atoms with Crippen LogP contribution in [-0.2, 0) is 27.5 Å². The average Bonchev–Trinajstić information content (AvgIpc) is 3.34. The van der Waals surface area contributed by atoms with Gasteiger partial charge in [-0.3, -0.25) is 13.9 Å². The summed E-state index contributed by atoms with van der Waals surface area (Å²) < 4.78 is 37.6. The van der Waals surface area contributed by atoms with Crippen LogP contribution in [0.1, 0.15) is 26.0 Å². The molecule has 5 N–H and O–H groups in total. The Labute approximate surface area is 211 Å². The molecule has 1 fully saturated rings. The van der Waals surface area contributed by atoms with Crippen LogP contribution in [0.25, 0.3) is 11.2 Å². The van der Waals surface area contributed by atoms with Gasteiger partial charge in [0.1, 0.15) is 24.6 Å². The van der Waals surface area contributed by atoms with E-state index in [4.69, 9.17) is 14.5 Å². The molecule has 0 aromatic carbocycles. The van der Waals surface area contributed by atoms with Crippen LogP contribution in [-0.4, -0.2) is 107 Å². The molecule has 1 aliphatic rings. The molecule has 0 radical (unpaired) electrons. The molecule has 1 saturated heterocycles. The van der Waals surface area contributed by atoms with Crippen molar-refractivity contribution in [2.24, 2.45) is 0 Å². The summed E-state index contributed by atoms with van der Waals surface area (Å²) in [7, 11) is -6.94. The highest BCUT2D eigenvalue weighted by molar-refractivity contribution is 7.60. The van der Waals surface area contributed by atoms with Crippen molar-refractivity contribution >= 4 is 38.5 Å². The lowest BCUT2D eigenvalue weighted by Crippen LogP contribution is -2.33. The zero-order valence-corrected chi connectivity index (χ0v) is 22.1. The van der Waals surface area contributed by atoms with Gasteiger partial charge in [-0.2, -0.15) is 4.31 Å². The first-order valence-corrected chi connectivity index (χ1v) is 14.1. The zero-order chi connectivity index (χ0) is 27.5. The molecule has 2 aromatic heterocycles. The molecule has 0 aliphatic carbocycles. The maximum atomic E-state index is 11.7. The van der Waals surface area contributed by atoms with Crippen molar-refractivity contribution in [3.8, 4) is 0 Å². The van der Waals surface area contributed by atoms with E-state index >= 15 is 0 Å². The van der Waals surface area contributed by atoms with Crippen LogP contribution < -0.4 is 4.90 Å². The Bertz CT molecular complexity index is 1190. The van der Waals surface area contributed by atoms with Crippen molar-refractivity contribution in [3.05, 3.63) is 12.7 Å². The molecule has 19 heteroatoms. The fourth-order valence-corrected chi connectivity index (χ4v) is 5.29. The number of phosphoric acid groups is 2. The van der Waals surface area contributed by atoms with E-state index in [0.717, 1.165) is 12.8 Å². The minimum absolute atomic E-state index is 0.00788. The number of aromatic nitrogens is 4. The molecule has 1 unspecified atom stereocenters. The zero-order valence-electron chi connectivity index (χ0n) is 20.3. The van der Waals surface area contributed by atoms with Crippen LogP contribution in [0, 0.1) is 0 Å². The summed E-state index contributed by atoms with van der Waals surface area (Å²) in [6.45, 7) is 1.92. The smallest absolute Gasteiger partial charge is 0.387 e. The van der Waals surface area contributed by atoms with E-state index in [1.807, 2.05) is 11.9 Å². The number of imidazole rings is 1. The van der Waals surface area contributed by atoms with Gasteiger partial charge < -0.3 is 39.4 Å². The lowest BCUT2D eigenvalue weighted by Gasteiger charge is -2.20. The summed E-state index contributed by atoms with van der Waals surface area (Å²) in [4.78, 5) is 54.4. The van der Waals surface area contributed by atoms with Gasteiger partial charge in [0.25, 0.3) is 0 Å². The maximum absolute atomic E-state index is 11.7. The quantitative estimate of drug-likeness (QED) is 0.158. The molecule has 0 saturated carbocycles. The number of fused-ring (bicyclic) bond motifs is 1. The third-order valence-electron chi connectivity index (χ3n) is 5.70. The summed E-state index contributed by atoms with van der Waals surface area (Å²) in [5, 5.41) is 20.9. The van der Waals surface area contributed by atoms with Crippen LogP contribution in [0.15, 0.2) is 12.7 Å². The van der Waals surface area contributed by atoms with Gasteiger partial charge in [0, 0.05) is 34.1 Å². The molecule has 17 nitrogen and oxygen atoms in total. The number of hydrogen-bond acceptors (Lipinski definition) is 12. The molecule has 2 aromatic rings. The Hall–Kier alpha value is -2.04. The number of unbranched alkanes of at least 4 members (excludes halogenated alkanes) is 1. The molecule has 3 heterocycles. The molecule has 1 amide bonds. The third kappa shape index (κ3) is 7.51. The summed E-state index contributed by atoms with van der Waals surface area (Å²) in [5.74, 6) is 0.499. The van der Waals surface area contributed by atoms with Crippen molar-refractivity contribution in [1.29, 1.82) is 0 Å². The van der Waals surface area contributed by atoms with Crippen molar-refractivity contribution in [2.45, 2.75) is 44.3 Å². The SMILES string of the molecule is CC(=O)N(C)CCCCN(C)c1ncnc2c1ncn2[C@@H]1O[C@H](COP(=O)(O)OP(=O)(O)O)[C@@H](O)[C@H]1O. The molecule has 37 heavy (non-hydrogen) atoms. The number of rotatable bonds is 12. The number of phosphoric ester groups is 1. The Morgan fingerprint density at radius 2 is 1.78 bits per heavy atom. The second kappa shape index (κ2) is 11.8. The number of nitrogens with zero attached hydrogens (tertiary/aromatic N) is 6. The Kier molecular flexibility index (Phi) is 9.40. The highest BCUT2D eigenvalue weighted by atomic mass is 31.3. The van der Waals surface area contributed by atoms with E-state index in [1.165, 1.54) is 24.1 Å². The Morgan fingerprint density at radius 3 is 2.43 bits per heavy atom. The molecular weight excluding hydrogens is 538 g/mol. The second-order valence-electron chi connectivity index (χ2n) is 8.47. The molecular formula is C18H30N6O11P2. The first-order valence-electron chi connectivity index (χ1n) is 11.1. The molecule has 0 spiro atoms. The average molecular weight is 568 g/mol. The van der Waals surface area contributed by atoms with Crippen LogP contribution in [0.3, 0.4) is 0 Å². The summed E-state index contributed by atoms with van der Waals surface area (Å²) in [6.07, 6.45) is -1.49. The number of aliphatic hydroxyl groups excluding tert-OH is 2. The Morgan fingerprint density at radius 1 is 1.11 bits per heavy atom. The standard InChI is InChI=1S/C18H30N6O11P2/c1-11(25)22(2)6-4-5-7-23(3)16-13-17(20-9-19-16)24(10-21-13)18-15(27)14(26)12(34-18)8-33-37(31,32)35-36(28,29)30/h9-10,12,14-15,18,26-27H,4-8H2,1-3H3,(H,31,32)(H2,28,29,30)/t12-,14-,15-,18-/m1/s1. The van der Waals surface area contributed by atoms with Crippen LogP contribution >= 0.6 is 15.6 Å². The number of anilines is 1. The predicted octanol–water partition coefficient (Wildman–Crippen LogP) is -0.633. The van der Waals surface area contributed by atoms with E-state index in [9.17, 15) is 29.0 Å². The first-order chi connectivity index (χ1) is 17.2. The monoisotopic (exact) mass is 568 g/mol. The van der Waals surface area contributed by atoms with Crippen LogP contribution in [0.2, 0.25) is 0 Å². The topological polar surface area (TPSA) is 230 Å². The predicted molar refractivity (Wildman–Crippen MR) is 126 cm³/mol. The number of carbonyl (C=O) groups excluding carboxylic acids is 1. The molecule has 1 aliphatic heterocycles. The molecule has 5 atom stereocenters. The maximum Gasteiger partial charge on any atom is 0.481 e. The van der Waals surface area contributed by atoms with Crippen molar-refractivity contribution in [2.75, 3.05) is 38.7 Å². The van der Waals surface area contributed by atoms with E-state index in [2.05, 4.69) is 23.8 Å². The van der Waals surface area contributed by atoms with Gasteiger partial charge in [0.2, 0.25) is 5.91 Å². The number of ether oxygens (including phenoxy) is 1. The summed E-state index contributed by atoms with van der Waals surface area (Å²) in [6, 6.07) is 0. The van der Waals surface area contributed by atoms with E-state index < -0.39 is 46.8 Å². The van der Waals surface area contributed by atoms with E-state index in [0.29, 0.717) is 24.4 Å². The second-order valence-corrected chi connectivity index (χ2v) is 11.3. The Balaban J connectivity index is 1.69. The lowest BCUT2D eigenvalue weighted by molar-refractivity contribution is -0.127. The molecule has 208 valence electrons. The van der Waals surface area contributed by atoms with Gasteiger partial charge in [-0.1, -0.05) is 0 Å². The van der Waals surface area contributed by atoms with E-state index in [1.54, 1.807) is 11.9 Å². The van der Waals surface area contributed by atoms with Gasteiger partial charge in [-0.25, -0.2) is 24.1 Å². The van der Waals surface area contributed by atoms with Gasteiger partial charge in [-0.15, -0.1) is 0 Å². The third-order valence-corrected chi connectivity index (χ3v) is 7.85. The van der Waals surface area contributed by atoms with Gasteiger partial charge >= 0.3 is 15.6 Å². The van der Waals surface area contributed by atoms with Crippen LogP contribution in [0.5, 0.6) is 0 Å². The largest absolute Gasteiger partial charge is 0.481 e. The molecule has 0 bridgehead atoms. The van der Waals surface area contributed by atoms with Crippen molar-refractivity contribution in [3.63, 3.8) is 0 Å². The highest BCUT2D eigenvalue weighted by Crippen LogP contribution is 2.57. The lowest BCUT2D eigenvalue weighted by atomic mass is 10.1.